The zero-order valence-corrected chi connectivity index (χ0v) is 21.8. The summed E-state index contributed by atoms with van der Waals surface area (Å²) < 4.78 is 59.1. The van der Waals surface area contributed by atoms with E-state index < -0.39 is 20.8 Å². The molecule has 1 saturated carbocycles. The minimum atomic E-state index is -3.64. The van der Waals surface area contributed by atoms with Crippen LogP contribution in [-0.4, -0.2) is 55.9 Å². The van der Waals surface area contributed by atoms with E-state index in [4.69, 9.17) is 9.25 Å². The minimum Gasteiger partial charge on any atom is -0.455 e. The van der Waals surface area contributed by atoms with Crippen LogP contribution in [0.4, 0.5) is 10.1 Å². The van der Waals surface area contributed by atoms with Crippen molar-refractivity contribution in [3.05, 3.63) is 53.3 Å². The van der Waals surface area contributed by atoms with Crippen LogP contribution in [0.3, 0.4) is 0 Å². The molecule has 0 bridgehead atoms. The molecule has 3 aromatic rings. The number of rotatable bonds is 9. The van der Waals surface area contributed by atoms with E-state index in [0.29, 0.717) is 52.9 Å². The smallest absolute Gasteiger partial charge is 0.232 e. The maximum Gasteiger partial charge on any atom is 0.232 e. The van der Waals surface area contributed by atoms with Crippen LogP contribution in [0.15, 0.2) is 45.8 Å². The first-order valence-electron chi connectivity index (χ1n) is 11.9. The Morgan fingerprint density at radius 3 is 2.58 bits per heavy atom. The van der Waals surface area contributed by atoms with Gasteiger partial charge in [0, 0.05) is 45.9 Å². The molecule has 1 N–H and O–H groups in total. The second-order valence-electron chi connectivity index (χ2n) is 8.94. The van der Waals surface area contributed by atoms with E-state index in [0.717, 1.165) is 30.0 Å². The van der Waals surface area contributed by atoms with Gasteiger partial charge in [-0.1, -0.05) is 6.92 Å². The summed E-state index contributed by atoms with van der Waals surface area (Å²) in [5.41, 5.74) is 6.14. The van der Waals surface area contributed by atoms with Gasteiger partial charge in [-0.25, -0.2) is 18.3 Å². The number of nitrogens with zero attached hydrogens (tertiary/aromatic N) is 2. The van der Waals surface area contributed by atoms with Crippen molar-refractivity contribution in [3.8, 4) is 11.3 Å². The van der Waals surface area contributed by atoms with Crippen LogP contribution >= 0.6 is 0 Å². The first kappa shape index (κ1) is 24.9. The van der Waals surface area contributed by atoms with Gasteiger partial charge in [0.25, 0.3) is 0 Å². The summed E-state index contributed by atoms with van der Waals surface area (Å²) in [4.78, 5) is 10.0. The van der Waals surface area contributed by atoms with Gasteiger partial charge in [-0.3, -0.25) is 18.3 Å². The molecule has 0 saturated heterocycles. The van der Waals surface area contributed by atoms with Crippen molar-refractivity contribution in [1.82, 2.24) is 5.48 Å². The number of benzene rings is 2. The van der Waals surface area contributed by atoms with E-state index >= 15 is 0 Å². The number of amidine groups is 1. The Labute approximate surface area is 212 Å². The third kappa shape index (κ3) is 5.05. The number of fused-ring (bicyclic) bond motifs is 1. The van der Waals surface area contributed by atoms with Crippen molar-refractivity contribution >= 4 is 43.3 Å². The Hall–Kier alpha value is -2.76. The number of nitrogens with one attached hydrogen (secondary N) is 1. The summed E-state index contributed by atoms with van der Waals surface area (Å²) in [5, 5.41) is 0.766. The number of furan rings is 1. The highest BCUT2D eigenvalue weighted by Crippen LogP contribution is 2.48. The average Bonchev–Trinajstić information content (AvgIpc) is 3.64. The Balaban J connectivity index is 1.72. The van der Waals surface area contributed by atoms with Crippen molar-refractivity contribution < 1.29 is 26.3 Å². The quantitative estimate of drug-likeness (QED) is 0.447. The summed E-state index contributed by atoms with van der Waals surface area (Å²) in [5.74, 6) is 1.56. The Morgan fingerprint density at radius 1 is 1.22 bits per heavy atom. The molecule has 5 rings (SSSR count). The Bertz CT molecular complexity index is 1450. The lowest BCUT2D eigenvalue weighted by Crippen LogP contribution is -2.34. The second kappa shape index (κ2) is 9.95. The van der Waals surface area contributed by atoms with Gasteiger partial charge in [-0.2, -0.15) is 0 Å². The van der Waals surface area contributed by atoms with Crippen LogP contribution < -0.4 is 9.79 Å². The summed E-state index contributed by atoms with van der Waals surface area (Å²) >= 11 is 0. The first-order valence-corrected chi connectivity index (χ1v) is 15.2. The second-order valence-corrected chi connectivity index (χ2v) is 12.7. The molecule has 0 radical (unpaired) electrons. The number of hydrogen-bond donors (Lipinski definition) is 1. The average molecular weight is 534 g/mol. The van der Waals surface area contributed by atoms with Gasteiger partial charge >= 0.3 is 0 Å². The lowest BCUT2D eigenvalue weighted by Gasteiger charge is -2.25. The van der Waals surface area contributed by atoms with Crippen molar-refractivity contribution in [2.75, 3.05) is 41.8 Å². The van der Waals surface area contributed by atoms with E-state index in [1.165, 1.54) is 16.4 Å². The molecule has 11 heteroatoms. The zero-order valence-electron chi connectivity index (χ0n) is 20.1. The normalized spacial score (nSPS) is 17.0. The standard InChI is InChI=1S/C25H28FN3O5S2/c1-3-35(30)13-11-29(36(2,31)32)21-15-22-20(14-19(21)16-4-5-16)23(25-27-10-12-33-28-25)24(34-22)17-6-8-18(26)9-7-17/h6-9,14-16H,3-5,10-13H2,1-2H3,(H,27,28). The highest BCUT2D eigenvalue weighted by atomic mass is 32.2. The largest absolute Gasteiger partial charge is 0.455 e. The number of aliphatic imine (C=N–C) groups is 1. The lowest BCUT2D eigenvalue weighted by molar-refractivity contribution is 0.0827. The molecular formula is C25H28FN3O5S2. The highest BCUT2D eigenvalue weighted by Gasteiger charge is 2.33. The van der Waals surface area contributed by atoms with Gasteiger partial charge in [0.15, 0.2) is 5.84 Å². The summed E-state index contributed by atoms with van der Waals surface area (Å²) in [6, 6.07) is 9.71. The molecule has 1 fully saturated rings. The van der Waals surface area contributed by atoms with Gasteiger partial charge in [0.05, 0.1) is 30.7 Å². The third-order valence-electron chi connectivity index (χ3n) is 6.34. The van der Waals surface area contributed by atoms with Crippen molar-refractivity contribution in [2.24, 2.45) is 4.99 Å². The molecule has 1 aliphatic carbocycles. The molecule has 1 unspecified atom stereocenters. The van der Waals surface area contributed by atoms with E-state index in [-0.39, 0.29) is 24.0 Å². The van der Waals surface area contributed by atoms with Crippen LogP contribution in [0.5, 0.6) is 0 Å². The maximum atomic E-state index is 13.6. The fourth-order valence-corrected chi connectivity index (χ4v) is 6.13. The fraction of sp³-hybridized carbons (Fsp3) is 0.400. The van der Waals surface area contributed by atoms with Crippen molar-refractivity contribution in [3.63, 3.8) is 0 Å². The predicted molar refractivity (Wildman–Crippen MR) is 140 cm³/mol. The number of sulfonamides is 1. The zero-order chi connectivity index (χ0) is 25.4. The molecule has 2 aliphatic rings. The summed E-state index contributed by atoms with van der Waals surface area (Å²) in [6.07, 6.45) is 3.08. The van der Waals surface area contributed by atoms with E-state index in [2.05, 4.69) is 10.5 Å². The molecule has 1 aromatic heterocycles. The van der Waals surface area contributed by atoms with Gasteiger partial charge < -0.3 is 4.42 Å². The lowest BCUT2D eigenvalue weighted by atomic mass is 10.00. The Kier molecular flexibility index (Phi) is 6.88. The number of halogens is 1. The minimum absolute atomic E-state index is 0.116. The monoisotopic (exact) mass is 533 g/mol. The summed E-state index contributed by atoms with van der Waals surface area (Å²) in [6.45, 7) is 2.84. The molecule has 0 amide bonds. The molecule has 192 valence electrons. The maximum absolute atomic E-state index is 13.6. The van der Waals surface area contributed by atoms with Crippen molar-refractivity contribution in [2.45, 2.75) is 25.7 Å². The molecule has 0 spiro atoms. The number of anilines is 1. The van der Waals surface area contributed by atoms with E-state index in [1.807, 2.05) is 13.0 Å². The fourth-order valence-electron chi connectivity index (χ4n) is 4.40. The van der Waals surface area contributed by atoms with Gasteiger partial charge in [-0.15, -0.1) is 0 Å². The van der Waals surface area contributed by atoms with Gasteiger partial charge in [-0.05, 0) is 54.7 Å². The van der Waals surface area contributed by atoms with E-state index in [9.17, 15) is 17.0 Å². The van der Waals surface area contributed by atoms with Crippen molar-refractivity contribution in [1.29, 1.82) is 0 Å². The molecular weight excluding hydrogens is 505 g/mol. The summed E-state index contributed by atoms with van der Waals surface area (Å²) in [7, 11) is -4.75. The van der Waals surface area contributed by atoms with Gasteiger partial charge in [0.2, 0.25) is 10.0 Å². The molecule has 1 aliphatic heterocycles. The molecule has 36 heavy (non-hydrogen) atoms. The number of hydrogen-bond acceptors (Lipinski definition) is 7. The SMILES string of the molecule is CCS(=O)CCN(c1cc2oc(-c3ccc(F)cc3)c(C3=NCCON3)c2cc1C1CC1)S(C)(=O)=O. The predicted octanol–water partition coefficient (Wildman–Crippen LogP) is 3.93. The van der Waals surface area contributed by atoms with E-state index in [1.54, 1.807) is 18.2 Å². The third-order valence-corrected chi connectivity index (χ3v) is 8.80. The first-order chi connectivity index (χ1) is 17.3. The van der Waals surface area contributed by atoms with Crippen LogP contribution in [0.1, 0.15) is 36.8 Å². The van der Waals surface area contributed by atoms with Crippen LogP contribution in [-0.2, 0) is 25.7 Å². The molecule has 8 nitrogen and oxygen atoms in total. The molecule has 2 aromatic carbocycles. The van der Waals surface area contributed by atoms with Crippen LogP contribution in [0.2, 0.25) is 0 Å². The van der Waals surface area contributed by atoms with Gasteiger partial charge in [0.1, 0.15) is 17.2 Å². The Morgan fingerprint density at radius 2 is 1.97 bits per heavy atom. The van der Waals surface area contributed by atoms with Crippen LogP contribution in [0.25, 0.3) is 22.3 Å². The molecule has 2 heterocycles. The highest BCUT2D eigenvalue weighted by molar-refractivity contribution is 7.92. The van der Waals surface area contributed by atoms with Crippen LogP contribution in [0, 0.1) is 5.82 Å². The molecule has 1 atom stereocenters. The number of hydroxylamine groups is 1. The topological polar surface area (TPSA) is 101 Å².